The number of likely N-dealkylation sites (tertiary alicyclic amines) is 1. The second kappa shape index (κ2) is 10.8. The molecule has 1 aromatic carbocycles. The number of primary amides is 1. The lowest BCUT2D eigenvalue weighted by molar-refractivity contribution is -0.127. The highest BCUT2D eigenvalue weighted by atomic mass is 35.5. The lowest BCUT2D eigenvalue weighted by Gasteiger charge is -2.22. The molecule has 13 heteroatoms. The molecule has 2 atom stereocenters. The Kier molecular flexibility index (Phi) is 7.71. The molecule has 0 radical (unpaired) electrons. The highest BCUT2D eigenvalue weighted by Gasteiger charge is 2.37. The highest BCUT2D eigenvalue weighted by molar-refractivity contribution is 6.32. The number of hydrogen-bond acceptors (Lipinski definition) is 6. The summed E-state index contributed by atoms with van der Waals surface area (Å²) in [6.45, 7) is 2.90. The molecule has 3 aromatic rings. The van der Waals surface area contributed by atoms with Crippen LogP contribution >= 0.6 is 11.6 Å². The number of benzene rings is 1. The van der Waals surface area contributed by atoms with Crippen LogP contribution in [0.15, 0.2) is 24.8 Å². The Labute approximate surface area is 222 Å². The van der Waals surface area contributed by atoms with Gasteiger partial charge in [0.05, 0.1) is 34.7 Å². The van der Waals surface area contributed by atoms with E-state index in [1.165, 1.54) is 25.1 Å². The number of aryl methyl sites for hydroxylation is 1. The molecule has 1 fully saturated rings. The van der Waals surface area contributed by atoms with Crippen LogP contribution in [0.4, 0.5) is 14.6 Å². The van der Waals surface area contributed by atoms with Crippen LogP contribution < -0.4 is 11.1 Å². The first kappa shape index (κ1) is 27.1. The maximum Gasteiger partial charge on any atom is 0.320 e. The summed E-state index contributed by atoms with van der Waals surface area (Å²) in [6.07, 6.45) is 1.76. The fraction of sp³-hybridized carbons (Fsp3) is 0.360. The minimum Gasteiger partial charge on any atom is -0.383 e. The van der Waals surface area contributed by atoms with E-state index in [1.54, 1.807) is 23.7 Å². The SMILES string of the molecule is C=CC(=O)N1CC(n2nc(C#Cc3cc4nc(C)n(C(F)F)c4cc3Cl)c(C(N)=O)c2NC)C[C@@H]1COC. The van der Waals surface area contributed by atoms with Crippen LogP contribution in [0.2, 0.25) is 5.02 Å². The normalized spacial score (nSPS) is 17.1. The number of carbonyl (C=O) groups is 2. The van der Waals surface area contributed by atoms with Gasteiger partial charge in [0.15, 0.2) is 5.69 Å². The minimum absolute atomic E-state index is 0.0758. The van der Waals surface area contributed by atoms with Crippen molar-refractivity contribution < 1.29 is 23.1 Å². The number of rotatable bonds is 7. The first-order valence-corrected chi connectivity index (χ1v) is 12.0. The number of ether oxygens (including phenoxy) is 1. The van der Waals surface area contributed by atoms with Crippen LogP contribution in [-0.2, 0) is 9.53 Å². The zero-order chi connectivity index (χ0) is 27.7. The Hall–Kier alpha value is -3.95. The number of anilines is 1. The zero-order valence-corrected chi connectivity index (χ0v) is 21.7. The molecular formula is C25H26ClF2N7O3. The third-order valence-corrected chi connectivity index (χ3v) is 6.73. The average molecular weight is 546 g/mol. The molecule has 2 amide bonds. The number of imidazole rings is 1. The molecule has 1 saturated heterocycles. The molecule has 0 spiro atoms. The number of amides is 2. The molecule has 4 rings (SSSR count). The number of nitrogens with zero attached hydrogens (tertiary/aromatic N) is 5. The minimum atomic E-state index is -2.77. The van der Waals surface area contributed by atoms with Gasteiger partial charge in [-0.25, -0.2) is 9.67 Å². The van der Waals surface area contributed by atoms with Gasteiger partial charge in [0.25, 0.3) is 5.91 Å². The van der Waals surface area contributed by atoms with Crippen molar-refractivity contribution in [3.63, 3.8) is 0 Å². The van der Waals surface area contributed by atoms with Gasteiger partial charge >= 0.3 is 6.55 Å². The van der Waals surface area contributed by atoms with E-state index in [0.717, 1.165) is 4.57 Å². The summed E-state index contributed by atoms with van der Waals surface area (Å²) < 4.78 is 34.5. The number of carbonyl (C=O) groups excluding carboxylic acids is 2. The number of methoxy groups -OCH3 is 1. The van der Waals surface area contributed by atoms with Gasteiger partial charge in [-0.05, 0) is 37.5 Å². The van der Waals surface area contributed by atoms with Gasteiger partial charge in [-0.1, -0.05) is 24.1 Å². The van der Waals surface area contributed by atoms with Crippen LogP contribution in [0.3, 0.4) is 0 Å². The number of fused-ring (bicyclic) bond motifs is 1. The van der Waals surface area contributed by atoms with Gasteiger partial charge in [-0.2, -0.15) is 13.9 Å². The molecule has 1 unspecified atom stereocenters. The maximum atomic E-state index is 13.4. The molecule has 0 bridgehead atoms. The van der Waals surface area contributed by atoms with Crippen LogP contribution in [0.5, 0.6) is 0 Å². The Morgan fingerprint density at radius 1 is 1.39 bits per heavy atom. The summed E-state index contributed by atoms with van der Waals surface area (Å²) in [4.78, 5) is 30.7. The Bertz CT molecular complexity index is 1490. The first-order chi connectivity index (χ1) is 18.1. The number of alkyl halides is 2. The second-order valence-electron chi connectivity index (χ2n) is 8.70. The average Bonchev–Trinajstić information content (AvgIpc) is 3.54. The first-order valence-electron chi connectivity index (χ1n) is 11.6. The third kappa shape index (κ3) is 4.82. The number of nitrogens with one attached hydrogen (secondary N) is 1. The highest BCUT2D eigenvalue weighted by Crippen LogP contribution is 2.33. The van der Waals surface area contributed by atoms with Gasteiger partial charge < -0.3 is 20.7 Å². The van der Waals surface area contributed by atoms with Gasteiger partial charge in [0, 0.05) is 26.3 Å². The van der Waals surface area contributed by atoms with E-state index in [-0.39, 0.29) is 45.6 Å². The van der Waals surface area contributed by atoms with Crippen LogP contribution in [0, 0.1) is 18.8 Å². The van der Waals surface area contributed by atoms with Crippen molar-refractivity contribution in [3.8, 4) is 11.8 Å². The summed E-state index contributed by atoms with van der Waals surface area (Å²) in [6, 6.07) is 2.37. The molecule has 1 aliphatic heterocycles. The van der Waals surface area contributed by atoms with E-state index in [1.807, 2.05) is 0 Å². The third-order valence-electron chi connectivity index (χ3n) is 6.41. The van der Waals surface area contributed by atoms with Gasteiger partial charge in [-0.15, -0.1) is 0 Å². The van der Waals surface area contributed by atoms with E-state index in [2.05, 4.69) is 33.8 Å². The summed E-state index contributed by atoms with van der Waals surface area (Å²) in [5.74, 6) is 5.22. The standard InChI is InChI=1S/C25H26ClF2N7O3/c1-5-21(36)33-11-15(9-16(33)12-38-4)35-24(30-3)22(23(29)37)18(32-35)7-6-14-8-19-20(10-17(14)26)34(25(27)28)13(2)31-19/h5,8,10,15-16,25,30H,1,9,11-12H2,2-4H3,(H2,29,37)/t15?,16-/m1/s1. The monoisotopic (exact) mass is 545 g/mol. The molecule has 0 saturated carbocycles. The number of nitrogens with two attached hydrogens (primary N) is 1. The van der Waals surface area contributed by atoms with Crippen molar-refractivity contribution in [2.45, 2.75) is 32.0 Å². The van der Waals surface area contributed by atoms with Crippen molar-refractivity contribution in [1.82, 2.24) is 24.2 Å². The van der Waals surface area contributed by atoms with Crippen molar-refractivity contribution in [3.05, 3.63) is 52.5 Å². The van der Waals surface area contributed by atoms with Crippen molar-refractivity contribution >= 4 is 40.3 Å². The summed E-state index contributed by atoms with van der Waals surface area (Å²) in [5.41, 5.74) is 6.66. The summed E-state index contributed by atoms with van der Waals surface area (Å²) in [5, 5.41) is 7.66. The summed E-state index contributed by atoms with van der Waals surface area (Å²) >= 11 is 6.35. The topological polar surface area (TPSA) is 120 Å². The smallest absolute Gasteiger partial charge is 0.320 e. The number of halogens is 3. The Morgan fingerprint density at radius 2 is 2.13 bits per heavy atom. The molecular weight excluding hydrogens is 520 g/mol. The van der Waals surface area contributed by atoms with E-state index in [9.17, 15) is 18.4 Å². The molecule has 1 aliphatic rings. The Balaban J connectivity index is 1.76. The number of hydrogen-bond donors (Lipinski definition) is 2. The predicted molar refractivity (Wildman–Crippen MR) is 138 cm³/mol. The molecule has 200 valence electrons. The van der Waals surface area contributed by atoms with E-state index in [4.69, 9.17) is 22.1 Å². The van der Waals surface area contributed by atoms with Gasteiger partial charge in [0.2, 0.25) is 5.91 Å². The van der Waals surface area contributed by atoms with Crippen molar-refractivity contribution in [1.29, 1.82) is 0 Å². The van der Waals surface area contributed by atoms with Crippen LogP contribution in [0.1, 0.15) is 46.5 Å². The molecule has 2 aromatic heterocycles. The predicted octanol–water partition coefficient (Wildman–Crippen LogP) is 3.10. The Morgan fingerprint density at radius 3 is 2.74 bits per heavy atom. The van der Waals surface area contributed by atoms with Crippen molar-refractivity contribution in [2.75, 3.05) is 32.6 Å². The van der Waals surface area contributed by atoms with Gasteiger partial charge in [0.1, 0.15) is 17.2 Å². The second-order valence-corrected chi connectivity index (χ2v) is 9.11. The number of aromatic nitrogens is 4. The van der Waals surface area contributed by atoms with E-state index < -0.39 is 12.5 Å². The summed E-state index contributed by atoms with van der Waals surface area (Å²) in [7, 11) is 3.18. The molecule has 10 nitrogen and oxygen atoms in total. The fourth-order valence-corrected chi connectivity index (χ4v) is 4.98. The quantitative estimate of drug-likeness (QED) is 0.348. The van der Waals surface area contributed by atoms with E-state index >= 15 is 0 Å². The van der Waals surface area contributed by atoms with Crippen LogP contribution in [0.25, 0.3) is 11.0 Å². The van der Waals surface area contributed by atoms with Crippen LogP contribution in [-0.4, -0.2) is 69.4 Å². The molecule has 38 heavy (non-hydrogen) atoms. The lowest BCUT2D eigenvalue weighted by Crippen LogP contribution is -2.37. The fourth-order valence-electron chi connectivity index (χ4n) is 4.77. The van der Waals surface area contributed by atoms with E-state index in [0.29, 0.717) is 36.5 Å². The van der Waals surface area contributed by atoms with Crippen molar-refractivity contribution in [2.24, 2.45) is 5.73 Å². The van der Waals surface area contributed by atoms with Gasteiger partial charge in [-0.3, -0.25) is 14.2 Å². The maximum absolute atomic E-state index is 13.4. The largest absolute Gasteiger partial charge is 0.383 e. The zero-order valence-electron chi connectivity index (χ0n) is 21.0. The lowest BCUT2D eigenvalue weighted by atomic mass is 10.1. The molecule has 0 aliphatic carbocycles. The molecule has 3 heterocycles. The molecule has 3 N–H and O–H groups in total.